The lowest BCUT2D eigenvalue weighted by Gasteiger charge is -2.20. The van der Waals surface area contributed by atoms with Crippen LogP contribution in [0.25, 0.3) is 10.2 Å². The van der Waals surface area contributed by atoms with Gasteiger partial charge in [-0.3, -0.25) is 14.5 Å². The Hall–Kier alpha value is -3.51. The van der Waals surface area contributed by atoms with E-state index in [1.54, 1.807) is 4.90 Å². The second-order valence-electron chi connectivity index (χ2n) is 7.48. The van der Waals surface area contributed by atoms with E-state index in [1.807, 2.05) is 78.9 Å². The van der Waals surface area contributed by atoms with Gasteiger partial charge in [0, 0.05) is 13.0 Å². The molecule has 0 radical (unpaired) electrons. The van der Waals surface area contributed by atoms with Gasteiger partial charge >= 0.3 is 0 Å². The van der Waals surface area contributed by atoms with Crippen molar-refractivity contribution in [1.29, 1.82) is 0 Å². The van der Waals surface area contributed by atoms with Crippen molar-refractivity contribution in [2.75, 3.05) is 11.4 Å². The zero-order valence-corrected chi connectivity index (χ0v) is 18.8. The third-order valence-electron chi connectivity index (χ3n) is 5.19. The number of anilines is 2. The molecule has 0 aliphatic rings. The topological polar surface area (TPSA) is 62.3 Å². The number of aromatic nitrogens is 1. The van der Waals surface area contributed by atoms with Crippen LogP contribution in [0.2, 0.25) is 0 Å². The van der Waals surface area contributed by atoms with Crippen molar-refractivity contribution >= 4 is 44.2 Å². The number of carbonyl (C=O) groups is 2. The maximum Gasteiger partial charge on any atom is 0.235 e. The molecule has 0 spiro atoms. The van der Waals surface area contributed by atoms with E-state index in [4.69, 9.17) is 0 Å². The highest BCUT2D eigenvalue weighted by molar-refractivity contribution is 7.22. The number of thiazole rings is 1. The molecule has 0 unspecified atom stereocenters. The lowest BCUT2D eigenvalue weighted by atomic mass is 10.1. The zero-order chi connectivity index (χ0) is 22.3. The number of hydrogen-bond donors (Lipinski definition) is 1. The average molecular weight is 444 g/mol. The van der Waals surface area contributed by atoms with E-state index in [1.165, 1.54) is 16.9 Å². The van der Waals surface area contributed by atoms with Crippen LogP contribution in [0.5, 0.6) is 0 Å². The molecule has 4 aromatic rings. The molecule has 2 amide bonds. The van der Waals surface area contributed by atoms with Gasteiger partial charge in [0.25, 0.3) is 0 Å². The van der Waals surface area contributed by atoms with Crippen LogP contribution in [0, 0.1) is 0 Å². The molecular formula is C26H25N3O2S. The van der Waals surface area contributed by atoms with Gasteiger partial charge in [-0.1, -0.05) is 72.9 Å². The van der Waals surface area contributed by atoms with Gasteiger partial charge in [-0.25, -0.2) is 4.98 Å². The molecule has 0 aliphatic carbocycles. The minimum atomic E-state index is -0.103. The number of benzene rings is 3. The summed E-state index contributed by atoms with van der Waals surface area (Å²) in [4.78, 5) is 31.9. The third-order valence-corrected chi connectivity index (χ3v) is 6.22. The van der Waals surface area contributed by atoms with E-state index >= 15 is 0 Å². The number of aryl methyl sites for hydroxylation is 1. The van der Waals surface area contributed by atoms with E-state index in [0.717, 1.165) is 27.9 Å². The molecule has 0 aliphatic heterocycles. The van der Waals surface area contributed by atoms with E-state index < -0.39 is 0 Å². The van der Waals surface area contributed by atoms with Gasteiger partial charge in [0.1, 0.15) is 0 Å². The largest absolute Gasteiger partial charge is 0.355 e. The van der Waals surface area contributed by atoms with Crippen molar-refractivity contribution in [2.45, 2.75) is 26.2 Å². The van der Waals surface area contributed by atoms with Crippen molar-refractivity contribution in [2.24, 2.45) is 0 Å². The quantitative estimate of drug-likeness (QED) is 0.403. The molecule has 5 nitrogen and oxygen atoms in total. The minimum Gasteiger partial charge on any atom is -0.355 e. The maximum atomic E-state index is 13.3. The van der Waals surface area contributed by atoms with Crippen LogP contribution in [-0.2, 0) is 22.4 Å². The zero-order valence-electron chi connectivity index (χ0n) is 18.0. The molecule has 162 valence electrons. The molecule has 3 aromatic carbocycles. The van der Waals surface area contributed by atoms with Gasteiger partial charge in [0.15, 0.2) is 5.13 Å². The standard InChI is InChI=1S/C26H25N3O2S/c1-2-19-12-14-21(15-13-19)29(26-28-22-10-6-7-11-23(22)32-26)25(31)16-17-27-24(30)18-20-8-4-3-5-9-20/h3-15H,2,16-18H2,1H3,(H,27,30). The molecule has 0 bridgehead atoms. The lowest BCUT2D eigenvalue weighted by molar-refractivity contribution is -0.120. The van der Waals surface area contributed by atoms with E-state index in [9.17, 15) is 9.59 Å². The van der Waals surface area contributed by atoms with Gasteiger partial charge in [0.2, 0.25) is 11.8 Å². The molecule has 0 saturated heterocycles. The highest BCUT2D eigenvalue weighted by Crippen LogP contribution is 2.34. The second kappa shape index (κ2) is 10.2. The number of amides is 2. The Morgan fingerprint density at radius 2 is 1.62 bits per heavy atom. The first-order valence-electron chi connectivity index (χ1n) is 10.7. The fraction of sp³-hybridized carbons (Fsp3) is 0.192. The number of carbonyl (C=O) groups excluding carboxylic acids is 2. The van der Waals surface area contributed by atoms with Crippen molar-refractivity contribution in [1.82, 2.24) is 10.3 Å². The molecule has 6 heteroatoms. The summed E-state index contributed by atoms with van der Waals surface area (Å²) in [7, 11) is 0. The Balaban J connectivity index is 1.48. The molecule has 4 rings (SSSR count). The number of rotatable bonds is 8. The number of nitrogens with one attached hydrogen (secondary N) is 1. The lowest BCUT2D eigenvalue weighted by Crippen LogP contribution is -2.32. The predicted molar refractivity (Wildman–Crippen MR) is 130 cm³/mol. The Kier molecular flexibility index (Phi) is 6.92. The van der Waals surface area contributed by atoms with Crippen LogP contribution >= 0.6 is 11.3 Å². The second-order valence-corrected chi connectivity index (χ2v) is 8.48. The van der Waals surface area contributed by atoms with Gasteiger partial charge < -0.3 is 5.32 Å². The first-order chi connectivity index (χ1) is 15.6. The van der Waals surface area contributed by atoms with E-state index in [-0.39, 0.29) is 24.8 Å². The van der Waals surface area contributed by atoms with Crippen molar-refractivity contribution in [3.05, 3.63) is 90.0 Å². The average Bonchev–Trinajstić information content (AvgIpc) is 3.24. The van der Waals surface area contributed by atoms with Gasteiger partial charge in [0.05, 0.1) is 22.3 Å². The summed E-state index contributed by atoms with van der Waals surface area (Å²) in [5.41, 5.74) is 3.80. The van der Waals surface area contributed by atoms with Gasteiger partial charge in [-0.05, 0) is 41.8 Å². The monoisotopic (exact) mass is 443 g/mol. The van der Waals surface area contributed by atoms with Crippen molar-refractivity contribution < 1.29 is 9.59 Å². The Morgan fingerprint density at radius 1 is 0.906 bits per heavy atom. The van der Waals surface area contributed by atoms with E-state index in [0.29, 0.717) is 11.6 Å². The number of para-hydroxylation sites is 1. The molecule has 1 N–H and O–H groups in total. The summed E-state index contributed by atoms with van der Waals surface area (Å²) in [6.45, 7) is 2.38. The van der Waals surface area contributed by atoms with Crippen LogP contribution in [0.4, 0.5) is 10.8 Å². The number of hydrogen-bond acceptors (Lipinski definition) is 4. The molecule has 32 heavy (non-hydrogen) atoms. The predicted octanol–water partition coefficient (Wildman–Crippen LogP) is 5.27. The van der Waals surface area contributed by atoms with Crippen molar-refractivity contribution in [3.63, 3.8) is 0 Å². The molecular weight excluding hydrogens is 418 g/mol. The maximum absolute atomic E-state index is 13.3. The van der Waals surface area contributed by atoms with Crippen LogP contribution in [0.1, 0.15) is 24.5 Å². The summed E-state index contributed by atoms with van der Waals surface area (Å²) in [6, 6.07) is 25.4. The fourth-order valence-corrected chi connectivity index (χ4v) is 4.47. The Morgan fingerprint density at radius 3 is 2.34 bits per heavy atom. The molecule has 1 heterocycles. The Bertz CT molecular complexity index is 1170. The first-order valence-corrected chi connectivity index (χ1v) is 11.5. The van der Waals surface area contributed by atoms with Crippen molar-refractivity contribution in [3.8, 4) is 0 Å². The highest BCUT2D eigenvalue weighted by Gasteiger charge is 2.21. The molecule has 0 fully saturated rings. The third kappa shape index (κ3) is 5.21. The normalized spacial score (nSPS) is 10.8. The number of fused-ring (bicyclic) bond motifs is 1. The van der Waals surface area contributed by atoms with E-state index in [2.05, 4.69) is 17.2 Å². The summed E-state index contributed by atoms with van der Waals surface area (Å²) >= 11 is 1.49. The molecule has 1 aromatic heterocycles. The summed E-state index contributed by atoms with van der Waals surface area (Å²) < 4.78 is 1.03. The van der Waals surface area contributed by atoms with Crippen LogP contribution in [-0.4, -0.2) is 23.3 Å². The first kappa shape index (κ1) is 21.7. The minimum absolute atomic E-state index is 0.0946. The SMILES string of the molecule is CCc1ccc(N(C(=O)CCNC(=O)Cc2ccccc2)c2nc3ccccc3s2)cc1. The Labute approximate surface area is 191 Å². The summed E-state index contributed by atoms with van der Waals surface area (Å²) in [5.74, 6) is -0.198. The van der Waals surface area contributed by atoms with Crippen LogP contribution < -0.4 is 10.2 Å². The summed E-state index contributed by atoms with van der Waals surface area (Å²) in [6.07, 6.45) is 1.42. The van der Waals surface area contributed by atoms with Crippen LogP contribution in [0.3, 0.4) is 0 Å². The summed E-state index contributed by atoms with van der Waals surface area (Å²) in [5, 5.41) is 3.50. The molecule has 0 atom stereocenters. The smallest absolute Gasteiger partial charge is 0.235 e. The van der Waals surface area contributed by atoms with Gasteiger partial charge in [-0.2, -0.15) is 0 Å². The van der Waals surface area contributed by atoms with Crippen LogP contribution in [0.15, 0.2) is 78.9 Å². The fourth-order valence-electron chi connectivity index (χ4n) is 3.46. The highest BCUT2D eigenvalue weighted by atomic mass is 32.1. The number of nitrogens with zero attached hydrogens (tertiary/aromatic N) is 2. The molecule has 0 saturated carbocycles. The van der Waals surface area contributed by atoms with Gasteiger partial charge in [-0.15, -0.1) is 0 Å².